The number of benzene rings is 1. The molecule has 0 aliphatic heterocycles. The summed E-state index contributed by atoms with van der Waals surface area (Å²) in [7, 11) is 0. The highest BCUT2D eigenvalue weighted by Crippen LogP contribution is 2.30. The highest BCUT2D eigenvalue weighted by Gasteiger charge is 2.09. The Morgan fingerprint density at radius 2 is 1.88 bits per heavy atom. The fraction of sp³-hybridized carbons (Fsp3) is 0.238. The molecule has 0 aliphatic carbocycles. The molecule has 0 unspecified atom stereocenters. The molecule has 0 aliphatic rings. The number of aryl methyl sites for hydroxylation is 2. The molecule has 0 atom stereocenters. The summed E-state index contributed by atoms with van der Waals surface area (Å²) in [4.78, 5) is 8.89. The average molecular weight is 334 g/mol. The van der Waals surface area contributed by atoms with Crippen LogP contribution in [0.15, 0.2) is 36.5 Å². The van der Waals surface area contributed by atoms with Crippen LogP contribution in [0.25, 0.3) is 23.1 Å². The fourth-order valence-corrected chi connectivity index (χ4v) is 2.75. The van der Waals surface area contributed by atoms with Crippen molar-refractivity contribution in [2.75, 3.05) is 0 Å². The molecule has 2 heterocycles. The Kier molecular flexibility index (Phi) is 4.70. The predicted molar refractivity (Wildman–Crippen MR) is 102 cm³/mol. The second-order valence-electron chi connectivity index (χ2n) is 6.39. The predicted octanol–water partition coefficient (Wildman–Crippen LogP) is 4.91. The van der Waals surface area contributed by atoms with Crippen LogP contribution in [-0.2, 0) is 0 Å². The van der Waals surface area contributed by atoms with E-state index < -0.39 is 0 Å². The van der Waals surface area contributed by atoms with Crippen molar-refractivity contribution in [3.05, 3.63) is 58.9 Å². The Balaban J connectivity index is 1.99. The van der Waals surface area contributed by atoms with Gasteiger partial charge in [0.1, 0.15) is 11.3 Å². The van der Waals surface area contributed by atoms with Gasteiger partial charge in [-0.1, -0.05) is 12.1 Å². The first-order valence-electron chi connectivity index (χ1n) is 8.35. The van der Waals surface area contributed by atoms with Crippen LogP contribution in [0.4, 0.5) is 0 Å². The van der Waals surface area contributed by atoms with Crippen LogP contribution >= 0.6 is 0 Å². The summed E-state index contributed by atoms with van der Waals surface area (Å²) >= 11 is 0. The van der Waals surface area contributed by atoms with Crippen molar-refractivity contribution in [3.8, 4) is 11.6 Å². The van der Waals surface area contributed by atoms with Gasteiger partial charge >= 0.3 is 0 Å². The van der Waals surface area contributed by atoms with Crippen molar-refractivity contribution in [2.45, 2.75) is 33.8 Å². The topological polar surface area (TPSA) is 55.2 Å². The molecule has 0 saturated carbocycles. The Bertz CT molecular complexity index is 946. The molecule has 0 saturated heterocycles. The third-order valence-electron chi connectivity index (χ3n) is 3.95. The Labute approximate surface area is 147 Å². The number of ether oxygens (including phenoxy) is 1. The third kappa shape index (κ3) is 3.63. The van der Waals surface area contributed by atoms with E-state index in [1.807, 2.05) is 70.2 Å². The van der Waals surface area contributed by atoms with Gasteiger partial charge in [0, 0.05) is 17.1 Å². The van der Waals surface area contributed by atoms with Gasteiger partial charge in [-0.15, -0.1) is 0 Å². The van der Waals surface area contributed by atoms with Gasteiger partial charge in [0.05, 0.1) is 11.8 Å². The smallest absolute Gasteiger partial charge is 0.220 e. The number of phenols is 1. The van der Waals surface area contributed by atoms with Gasteiger partial charge in [-0.3, -0.25) is 0 Å². The number of aromatic hydroxyl groups is 1. The molecule has 0 bridgehead atoms. The standard InChI is InChI=1S/C21H22N2O2/c1-13(2)25-21-16(6-5-11-22-21)7-8-17-9-10-18-14(3)12-15(4)20(24)19(18)23-17/h5-13,24H,1-4H3. The molecular formula is C21H22N2O2. The van der Waals surface area contributed by atoms with E-state index in [1.165, 1.54) is 0 Å². The van der Waals surface area contributed by atoms with E-state index in [4.69, 9.17) is 4.74 Å². The number of pyridine rings is 2. The van der Waals surface area contributed by atoms with E-state index in [9.17, 15) is 5.11 Å². The molecule has 0 spiro atoms. The molecule has 4 heteroatoms. The second-order valence-corrected chi connectivity index (χ2v) is 6.39. The third-order valence-corrected chi connectivity index (χ3v) is 3.95. The summed E-state index contributed by atoms with van der Waals surface area (Å²) in [6.45, 7) is 7.86. The highest BCUT2D eigenvalue weighted by molar-refractivity contribution is 5.89. The van der Waals surface area contributed by atoms with Crippen LogP contribution in [0.3, 0.4) is 0 Å². The van der Waals surface area contributed by atoms with Crippen molar-refractivity contribution < 1.29 is 9.84 Å². The lowest BCUT2D eigenvalue weighted by Gasteiger charge is -2.10. The lowest BCUT2D eigenvalue weighted by Crippen LogP contribution is -2.07. The van der Waals surface area contributed by atoms with Crippen molar-refractivity contribution in [1.82, 2.24) is 9.97 Å². The van der Waals surface area contributed by atoms with Gasteiger partial charge in [-0.2, -0.15) is 0 Å². The van der Waals surface area contributed by atoms with E-state index in [1.54, 1.807) is 6.20 Å². The molecule has 3 rings (SSSR count). The van der Waals surface area contributed by atoms with E-state index in [0.29, 0.717) is 11.4 Å². The maximum Gasteiger partial charge on any atom is 0.220 e. The Morgan fingerprint density at radius 3 is 2.64 bits per heavy atom. The summed E-state index contributed by atoms with van der Waals surface area (Å²) in [6, 6.07) is 9.73. The zero-order valence-corrected chi connectivity index (χ0v) is 14.9. The lowest BCUT2D eigenvalue weighted by atomic mass is 10.0. The van der Waals surface area contributed by atoms with Crippen LogP contribution in [0.5, 0.6) is 11.6 Å². The number of aromatic nitrogens is 2. The van der Waals surface area contributed by atoms with Gasteiger partial charge in [0.25, 0.3) is 0 Å². The minimum absolute atomic E-state index is 0.0590. The molecular weight excluding hydrogens is 312 g/mol. The first-order chi connectivity index (χ1) is 12.0. The maximum atomic E-state index is 10.3. The zero-order chi connectivity index (χ0) is 18.0. The molecule has 25 heavy (non-hydrogen) atoms. The number of nitrogens with zero attached hydrogens (tertiary/aromatic N) is 2. The molecule has 1 N–H and O–H groups in total. The summed E-state index contributed by atoms with van der Waals surface area (Å²) in [5.74, 6) is 0.838. The first kappa shape index (κ1) is 17.0. The van der Waals surface area contributed by atoms with Crippen molar-refractivity contribution in [1.29, 1.82) is 0 Å². The molecule has 3 aromatic rings. The Morgan fingerprint density at radius 1 is 1.08 bits per heavy atom. The average Bonchev–Trinajstić information content (AvgIpc) is 2.58. The number of phenolic OH excluding ortho intramolecular Hbond substituents is 1. The van der Waals surface area contributed by atoms with E-state index in [-0.39, 0.29) is 11.9 Å². The minimum atomic E-state index is 0.0590. The zero-order valence-electron chi connectivity index (χ0n) is 14.9. The van der Waals surface area contributed by atoms with Crippen molar-refractivity contribution in [2.24, 2.45) is 0 Å². The molecule has 2 aromatic heterocycles. The largest absolute Gasteiger partial charge is 0.505 e. The molecule has 1 aromatic carbocycles. The van der Waals surface area contributed by atoms with Gasteiger partial charge in [0.2, 0.25) is 5.88 Å². The quantitative estimate of drug-likeness (QED) is 0.736. The van der Waals surface area contributed by atoms with Crippen LogP contribution in [0.1, 0.15) is 36.2 Å². The first-order valence-corrected chi connectivity index (χ1v) is 8.35. The van der Waals surface area contributed by atoms with Crippen molar-refractivity contribution in [3.63, 3.8) is 0 Å². The summed E-state index contributed by atoms with van der Waals surface area (Å²) in [6.07, 6.45) is 5.61. The lowest BCUT2D eigenvalue weighted by molar-refractivity contribution is 0.232. The minimum Gasteiger partial charge on any atom is -0.505 e. The van der Waals surface area contributed by atoms with Crippen LogP contribution in [0.2, 0.25) is 0 Å². The summed E-state index contributed by atoms with van der Waals surface area (Å²) in [5.41, 5.74) is 4.23. The van der Waals surface area contributed by atoms with E-state index >= 15 is 0 Å². The fourth-order valence-electron chi connectivity index (χ4n) is 2.75. The van der Waals surface area contributed by atoms with E-state index in [0.717, 1.165) is 27.8 Å². The van der Waals surface area contributed by atoms with Crippen LogP contribution < -0.4 is 4.74 Å². The molecule has 0 radical (unpaired) electrons. The number of hydrogen-bond donors (Lipinski definition) is 1. The molecule has 4 nitrogen and oxygen atoms in total. The van der Waals surface area contributed by atoms with Crippen molar-refractivity contribution >= 4 is 23.1 Å². The van der Waals surface area contributed by atoms with Gasteiger partial charge in [-0.25, -0.2) is 9.97 Å². The molecule has 128 valence electrons. The van der Waals surface area contributed by atoms with E-state index in [2.05, 4.69) is 9.97 Å². The number of fused-ring (bicyclic) bond motifs is 1. The SMILES string of the molecule is Cc1cc(C)c2ccc(C=Cc3cccnc3OC(C)C)nc2c1O. The van der Waals surface area contributed by atoms with Gasteiger partial charge in [-0.05, 0) is 69.2 Å². The second kappa shape index (κ2) is 6.93. The van der Waals surface area contributed by atoms with Crippen LogP contribution in [0, 0.1) is 13.8 Å². The molecule has 0 fully saturated rings. The monoisotopic (exact) mass is 334 g/mol. The van der Waals surface area contributed by atoms with Crippen LogP contribution in [-0.4, -0.2) is 21.2 Å². The summed E-state index contributed by atoms with van der Waals surface area (Å²) < 4.78 is 5.73. The normalized spacial score (nSPS) is 11.6. The van der Waals surface area contributed by atoms with Gasteiger partial charge < -0.3 is 9.84 Å². The highest BCUT2D eigenvalue weighted by atomic mass is 16.5. The molecule has 0 amide bonds. The number of hydrogen-bond acceptors (Lipinski definition) is 4. The summed E-state index contributed by atoms with van der Waals surface area (Å²) in [5, 5.41) is 11.3. The number of rotatable bonds is 4. The van der Waals surface area contributed by atoms with Gasteiger partial charge in [0.15, 0.2) is 0 Å². The maximum absolute atomic E-state index is 10.3. The Hall–Kier alpha value is -2.88.